The van der Waals surface area contributed by atoms with Crippen molar-refractivity contribution in [1.29, 1.82) is 0 Å². The first-order valence-corrected chi connectivity index (χ1v) is 4.17. The second-order valence-corrected chi connectivity index (χ2v) is 2.99. The number of halogens is 1. The Hall–Kier alpha value is -0.610. The van der Waals surface area contributed by atoms with Crippen molar-refractivity contribution in [2.75, 3.05) is 18.4 Å². The van der Waals surface area contributed by atoms with E-state index in [0.717, 1.165) is 16.8 Å². The van der Waals surface area contributed by atoms with E-state index < -0.39 is 0 Å². The molecular formula is C7H10BrN3. The highest BCUT2D eigenvalue weighted by Gasteiger charge is 1.90. The van der Waals surface area contributed by atoms with Crippen LogP contribution in [0.15, 0.2) is 22.8 Å². The minimum Gasteiger partial charge on any atom is -0.369 e. The average molecular weight is 216 g/mol. The number of hydrogen-bond donors (Lipinski definition) is 2. The van der Waals surface area contributed by atoms with Crippen molar-refractivity contribution in [2.45, 2.75) is 0 Å². The fraction of sp³-hybridized carbons (Fsp3) is 0.286. The highest BCUT2D eigenvalue weighted by Crippen LogP contribution is 2.09. The van der Waals surface area contributed by atoms with Gasteiger partial charge in [-0.05, 0) is 28.1 Å². The van der Waals surface area contributed by atoms with Gasteiger partial charge in [-0.1, -0.05) is 0 Å². The third-order valence-electron chi connectivity index (χ3n) is 1.18. The van der Waals surface area contributed by atoms with Gasteiger partial charge in [-0.3, -0.25) is 0 Å². The molecule has 60 valence electrons. The number of hydrogen-bond acceptors (Lipinski definition) is 3. The van der Waals surface area contributed by atoms with Gasteiger partial charge in [-0.25, -0.2) is 4.98 Å². The predicted octanol–water partition coefficient (Wildman–Crippen LogP) is 1.21. The third kappa shape index (κ3) is 2.86. The number of nitrogens with one attached hydrogen (secondary N) is 1. The van der Waals surface area contributed by atoms with Crippen LogP contribution in [-0.4, -0.2) is 18.1 Å². The van der Waals surface area contributed by atoms with Gasteiger partial charge < -0.3 is 11.1 Å². The minimum atomic E-state index is 0.623. The Morgan fingerprint density at radius 1 is 1.55 bits per heavy atom. The average Bonchev–Trinajstić information content (AvgIpc) is 2.04. The van der Waals surface area contributed by atoms with E-state index in [1.54, 1.807) is 6.20 Å². The molecule has 0 saturated carbocycles. The summed E-state index contributed by atoms with van der Waals surface area (Å²) in [6.07, 6.45) is 1.75. The highest BCUT2D eigenvalue weighted by atomic mass is 79.9. The normalized spacial score (nSPS) is 9.64. The minimum absolute atomic E-state index is 0.623. The molecule has 0 saturated heterocycles. The van der Waals surface area contributed by atoms with Crippen LogP contribution in [0.4, 0.5) is 5.82 Å². The van der Waals surface area contributed by atoms with E-state index in [4.69, 9.17) is 5.73 Å². The van der Waals surface area contributed by atoms with Crippen LogP contribution in [0.5, 0.6) is 0 Å². The molecule has 0 bridgehead atoms. The molecule has 0 aliphatic heterocycles. The van der Waals surface area contributed by atoms with Crippen LogP contribution in [0.25, 0.3) is 0 Å². The highest BCUT2D eigenvalue weighted by molar-refractivity contribution is 9.10. The van der Waals surface area contributed by atoms with E-state index >= 15 is 0 Å². The van der Waals surface area contributed by atoms with Crippen LogP contribution in [0.2, 0.25) is 0 Å². The number of nitrogens with two attached hydrogens (primary N) is 1. The molecule has 0 radical (unpaired) electrons. The fourth-order valence-electron chi connectivity index (χ4n) is 0.681. The van der Waals surface area contributed by atoms with Gasteiger partial charge >= 0.3 is 0 Å². The van der Waals surface area contributed by atoms with E-state index in [2.05, 4.69) is 26.2 Å². The Balaban J connectivity index is 2.52. The molecule has 0 aliphatic carbocycles. The van der Waals surface area contributed by atoms with Gasteiger partial charge in [0.05, 0.1) is 0 Å². The van der Waals surface area contributed by atoms with Crippen LogP contribution in [0, 0.1) is 0 Å². The van der Waals surface area contributed by atoms with Gasteiger partial charge in [-0.15, -0.1) is 0 Å². The van der Waals surface area contributed by atoms with Crippen LogP contribution < -0.4 is 11.1 Å². The largest absolute Gasteiger partial charge is 0.369 e. The molecule has 1 aromatic rings. The molecule has 1 rings (SSSR count). The van der Waals surface area contributed by atoms with Gasteiger partial charge in [-0.2, -0.15) is 0 Å². The lowest BCUT2D eigenvalue weighted by Crippen LogP contribution is -2.13. The Labute approximate surface area is 74.1 Å². The summed E-state index contributed by atoms with van der Waals surface area (Å²) in [6, 6.07) is 3.84. The number of aromatic nitrogens is 1. The van der Waals surface area contributed by atoms with E-state index in [1.165, 1.54) is 0 Å². The lowest BCUT2D eigenvalue weighted by molar-refractivity contribution is 1.01. The number of anilines is 1. The molecule has 0 spiro atoms. The fourth-order valence-corrected chi connectivity index (χ4v) is 0.915. The lowest BCUT2D eigenvalue weighted by atomic mass is 10.4. The van der Waals surface area contributed by atoms with Crippen LogP contribution in [0.1, 0.15) is 0 Å². The second-order valence-electron chi connectivity index (χ2n) is 2.08. The van der Waals surface area contributed by atoms with E-state index in [9.17, 15) is 0 Å². The maximum absolute atomic E-state index is 5.31. The molecular weight excluding hydrogens is 206 g/mol. The Bertz CT molecular complexity index is 209. The summed E-state index contributed by atoms with van der Waals surface area (Å²) in [4.78, 5) is 4.10. The van der Waals surface area contributed by atoms with Crippen molar-refractivity contribution in [1.82, 2.24) is 4.98 Å². The maximum atomic E-state index is 5.31. The van der Waals surface area contributed by atoms with Gasteiger partial charge in [0, 0.05) is 23.8 Å². The Kier molecular flexibility index (Phi) is 3.32. The molecule has 11 heavy (non-hydrogen) atoms. The molecule has 0 aromatic carbocycles. The quantitative estimate of drug-likeness (QED) is 0.798. The van der Waals surface area contributed by atoms with Crippen LogP contribution in [-0.2, 0) is 0 Å². The van der Waals surface area contributed by atoms with E-state index in [1.807, 2.05) is 12.1 Å². The first kappa shape index (κ1) is 8.49. The molecule has 3 N–H and O–H groups in total. The van der Waals surface area contributed by atoms with Crippen LogP contribution in [0.3, 0.4) is 0 Å². The zero-order valence-electron chi connectivity index (χ0n) is 6.05. The summed E-state index contributed by atoms with van der Waals surface area (Å²) in [5, 5.41) is 3.06. The summed E-state index contributed by atoms with van der Waals surface area (Å²) in [5.74, 6) is 0.860. The third-order valence-corrected chi connectivity index (χ3v) is 1.65. The molecule has 0 aliphatic rings. The van der Waals surface area contributed by atoms with E-state index in [-0.39, 0.29) is 0 Å². The van der Waals surface area contributed by atoms with Gasteiger partial charge in [0.1, 0.15) is 5.82 Å². The summed E-state index contributed by atoms with van der Waals surface area (Å²) >= 11 is 3.30. The smallest absolute Gasteiger partial charge is 0.126 e. The summed E-state index contributed by atoms with van der Waals surface area (Å²) in [7, 11) is 0. The lowest BCUT2D eigenvalue weighted by Gasteiger charge is -2.01. The number of nitrogens with zero attached hydrogens (tertiary/aromatic N) is 1. The summed E-state index contributed by atoms with van der Waals surface area (Å²) in [5.41, 5.74) is 5.31. The molecule has 0 amide bonds. The molecule has 0 atom stereocenters. The SMILES string of the molecule is NCCNc1ccc(Br)cn1. The zero-order valence-corrected chi connectivity index (χ0v) is 7.63. The second kappa shape index (κ2) is 4.31. The first-order chi connectivity index (χ1) is 5.33. The van der Waals surface area contributed by atoms with E-state index in [0.29, 0.717) is 6.54 Å². The molecule has 0 fully saturated rings. The molecule has 0 unspecified atom stereocenters. The van der Waals surface area contributed by atoms with Crippen molar-refractivity contribution in [3.05, 3.63) is 22.8 Å². The van der Waals surface area contributed by atoms with Gasteiger partial charge in [0.15, 0.2) is 0 Å². The van der Waals surface area contributed by atoms with Crippen molar-refractivity contribution >= 4 is 21.7 Å². The molecule has 3 nitrogen and oxygen atoms in total. The standard InChI is InChI=1S/C7H10BrN3/c8-6-1-2-7(11-5-6)10-4-3-9/h1-2,5H,3-4,9H2,(H,10,11). The monoisotopic (exact) mass is 215 g/mol. The Morgan fingerprint density at radius 2 is 2.36 bits per heavy atom. The van der Waals surface area contributed by atoms with Crippen molar-refractivity contribution in [3.63, 3.8) is 0 Å². The van der Waals surface area contributed by atoms with Gasteiger partial charge in [0.2, 0.25) is 0 Å². The van der Waals surface area contributed by atoms with Crippen molar-refractivity contribution in [2.24, 2.45) is 5.73 Å². The summed E-state index contributed by atoms with van der Waals surface area (Å²) < 4.78 is 0.982. The molecule has 1 heterocycles. The zero-order chi connectivity index (χ0) is 8.10. The van der Waals surface area contributed by atoms with Gasteiger partial charge in [0.25, 0.3) is 0 Å². The van der Waals surface area contributed by atoms with Crippen molar-refractivity contribution in [3.8, 4) is 0 Å². The summed E-state index contributed by atoms with van der Waals surface area (Å²) in [6.45, 7) is 1.38. The molecule has 4 heteroatoms. The number of rotatable bonds is 3. The van der Waals surface area contributed by atoms with Crippen molar-refractivity contribution < 1.29 is 0 Å². The Morgan fingerprint density at radius 3 is 2.91 bits per heavy atom. The van der Waals surface area contributed by atoms with Crippen LogP contribution >= 0.6 is 15.9 Å². The predicted molar refractivity (Wildman–Crippen MR) is 49.5 cm³/mol. The molecule has 1 aromatic heterocycles. The maximum Gasteiger partial charge on any atom is 0.126 e. The topological polar surface area (TPSA) is 50.9 Å². The first-order valence-electron chi connectivity index (χ1n) is 3.38. The number of pyridine rings is 1.